The molecule has 0 radical (unpaired) electrons. The Hall–Kier alpha value is -4.12. The van der Waals surface area contributed by atoms with Gasteiger partial charge in [-0.3, -0.25) is 0 Å². The highest BCUT2D eigenvalue weighted by molar-refractivity contribution is 6.62. The monoisotopic (exact) mass is 534 g/mol. The average Bonchev–Trinajstić information content (AvgIpc) is 3.58. The molecule has 4 heteroatoms. The minimum absolute atomic E-state index is 0.421. The van der Waals surface area contributed by atoms with Crippen LogP contribution < -0.4 is 5.46 Å². The smallest absolute Gasteiger partial charge is 0.455 e. The van der Waals surface area contributed by atoms with E-state index in [1.54, 1.807) is 0 Å². The van der Waals surface area contributed by atoms with Crippen LogP contribution in [0.3, 0.4) is 0 Å². The minimum Gasteiger partial charge on any atom is -0.455 e. The molecule has 1 aliphatic carbocycles. The molecule has 41 heavy (non-hydrogen) atoms. The molecule has 2 aliphatic rings. The normalized spacial score (nSPS) is 18.1. The number of para-hydroxylation sites is 1. The first-order valence-electron chi connectivity index (χ1n) is 14.4. The van der Waals surface area contributed by atoms with Gasteiger partial charge < -0.3 is 13.7 Å². The maximum absolute atomic E-state index is 6.65. The van der Waals surface area contributed by atoms with Crippen LogP contribution in [-0.2, 0) is 14.7 Å². The number of rotatable bonds is 3. The molecule has 0 spiro atoms. The van der Waals surface area contributed by atoms with Crippen molar-refractivity contribution in [1.29, 1.82) is 0 Å². The summed E-state index contributed by atoms with van der Waals surface area (Å²) in [5.74, 6) is 0. The fraction of sp³-hybridized carbons (Fsp3) is 0.189. The summed E-state index contributed by atoms with van der Waals surface area (Å²) in [6.07, 6.45) is 0. The summed E-state index contributed by atoms with van der Waals surface area (Å²) in [5.41, 5.74) is 8.68. The molecular formula is C37H31BO3. The largest absolute Gasteiger partial charge is 0.494 e. The molecule has 2 heterocycles. The van der Waals surface area contributed by atoms with Crippen molar-refractivity contribution in [2.75, 3.05) is 0 Å². The van der Waals surface area contributed by atoms with Crippen LogP contribution >= 0.6 is 0 Å². The molecule has 1 aliphatic heterocycles. The first kappa shape index (κ1) is 24.7. The van der Waals surface area contributed by atoms with Gasteiger partial charge in [0.2, 0.25) is 0 Å². The second kappa shape index (κ2) is 8.45. The Labute approximate surface area is 240 Å². The van der Waals surface area contributed by atoms with Gasteiger partial charge in [-0.1, -0.05) is 109 Å². The summed E-state index contributed by atoms with van der Waals surface area (Å²) in [7, 11) is -0.454. The Balaban J connectivity index is 1.48. The van der Waals surface area contributed by atoms with Crippen LogP contribution in [0.15, 0.2) is 120 Å². The third-order valence-corrected chi connectivity index (χ3v) is 9.61. The van der Waals surface area contributed by atoms with Crippen LogP contribution in [0.5, 0.6) is 0 Å². The van der Waals surface area contributed by atoms with Gasteiger partial charge in [0.25, 0.3) is 0 Å². The maximum Gasteiger partial charge on any atom is 0.494 e. The van der Waals surface area contributed by atoms with Gasteiger partial charge in [0.05, 0.1) is 16.6 Å². The third kappa shape index (κ3) is 3.29. The highest BCUT2D eigenvalue weighted by Crippen LogP contribution is 2.58. The summed E-state index contributed by atoms with van der Waals surface area (Å²) in [5, 5.41) is 2.27. The molecular weight excluding hydrogens is 503 g/mol. The number of fused-ring (bicyclic) bond motifs is 7. The highest BCUT2D eigenvalue weighted by atomic mass is 16.7. The zero-order valence-corrected chi connectivity index (χ0v) is 23.8. The van der Waals surface area contributed by atoms with E-state index in [1.807, 2.05) is 6.07 Å². The molecule has 6 aromatic rings. The molecule has 0 bridgehead atoms. The van der Waals surface area contributed by atoms with Crippen molar-refractivity contribution in [3.05, 3.63) is 138 Å². The number of hydrogen-bond acceptors (Lipinski definition) is 3. The van der Waals surface area contributed by atoms with Crippen molar-refractivity contribution in [2.24, 2.45) is 0 Å². The van der Waals surface area contributed by atoms with Gasteiger partial charge in [-0.2, -0.15) is 0 Å². The fourth-order valence-corrected chi connectivity index (χ4v) is 6.89. The van der Waals surface area contributed by atoms with Crippen molar-refractivity contribution in [2.45, 2.75) is 44.3 Å². The van der Waals surface area contributed by atoms with E-state index in [9.17, 15) is 0 Å². The quantitative estimate of drug-likeness (QED) is 0.214. The molecule has 8 rings (SSSR count). The summed E-state index contributed by atoms with van der Waals surface area (Å²) in [6.45, 7) is 8.42. The van der Waals surface area contributed by atoms with E-state index in [1.165, 1.54) is 27.8 Å². The van der Waals surface area contributed by atoms with Crippen LogP contribution in [0.25, 0.3) is 33.1 Å². The lowest BCUT2D eigenvalue weighted by atomic mass is 9.66. The van der Waals surface area contributed by atoms with Gasteiger partial charge in [0.1, 0.15) is 11.2 Å². The molecule has 200 valence electrons. The standard InChI is InChI=1S/C37H31BO3/c1-35(2)36(3,4)41-38(40-35)26-19-20-29-31(23-26)37(24-13-7-5-8-14-24,25-15-9-6-10-16-25)30-22-21-28-27-17-11-12-18-32(27)39-34(28)33(29)30/h5-23H,1-4H3. The lowest BCUT2D eigenvalue weighted by Gasteiger charge is -2.34. The number of furan rings is 1. The second-order valence-electron chi connectivity index (χ2n) is 12.3. The van der Waals surface area contributed by atoms with Gasteiger partial charge >= 0.3 is 7.12 Å². The van der Waals surface area contributed by atoms with Gasteiger partial charge in [0.15, 0.2) is 0 Å². The zero-order chi connectivity index (χ0) is 28.0. The summed E-state index contributed by atoms with van der Waals surface area (Å²) >= 11 is 0. The summed E-state index contributed by atoms with van der Waals surface area (Å²) in [4.78, 5) is 0. The van der Waals surface area contributed by atoms with Crippen molar-refractivity contribution < 1.29 is 13.7 Å². The fourth-order valence-electron chi connectivity index (χ4n) is 6.89. The van der Waals surface area contributed by atoms with E-state index >= 15 is 0 Å². The van der Waals surface area contributed by atoms with Crippen molar-refractivity contribution in [3.63, 3.8) is 0 Å². The molecule has 0 N–H and O–H groups in total. The van der Waals surface area contributed by atoms with Crippen molar-refractivity contribution in [1.82, 2.24) is 0 Å². The Kier molecular flexibility index (Phi) is 5.08. The van der Waals surface area contributed by atoms with Gasteiger partial charge in [-0.25, -0.2) is 0 Å². The van der Waals surface area contributed by atoms with Crippen molar-refractivity contribution >= 4 is 34.5 Å². The summed E-state index contributed by atoms with van der Waals surface area (Å²) < 4.78 is 19.7. The molecule has 5 aromatic carbocycles. The van der Waals surface area contributed by atoms with E-state index in [0.29, 0.717) is 0 Å². The third-order valence-electron chi connectivity index (χ3n) is 9.61. The molecule has 1 aromatic heterocycles. The minimum atomic E-state index is -0.542. The topological polar surface area (TPSA) is 31.6 Å². The van der Waals surface area contributed by atoms with E-state index < -0.39 is 23.7 Å². The van der Waals surface area contributed by atoms with E-state index in [2.05, 4.69) is 137 Å². The zero-order valence-electron chi connectivity index (χ0n) is 23.8. The highest BCUT2D eigenvalue weighted by Gasteiger charge is 2.53. The first-order chi connectivity index (χ1) is 19.8. The second-order valence-corrected chi connectivity index (χ2v) is 12.3. The van der Waals surface area contributed by atoms with Gasteiger partial charge in [-0.15, -0.1) is 0 Å². The predicted molar refractivity (Wildman–Crippen MR) is 167 cm³/mol. The summed E-state index contributed by atoms with van der Waals surface area (Å²) in [6, 6.07) is 41.3. The first-order valence-corrected chi connectivity index (χ1v) is 14.4. The maximum atomic E-state index is 6.65. The van der Waals surface area contributed by atoms with E-state index in [0.717, 1.165) is 33.0 Å². The lowest BCUT2D eigenvalue weighted by molar-refractivity contribution is 0.00578. The Morgan fingerprint density at radius 3 is 1.83 bits per heavy atom. The SMILES string of the molecule is CC1(C)OB(c2ccc3c(c2)C(c2ccccc2)(c2ccccc2)c2ccc4c(oc5ccccc54)c2-3)OC1(C)C. The van der Waals surface area contributed by atoms with Gasteiger partial charge in [0, 0.05) is 16.3 Å². The molecule has 1 fully saturated rings. The molecule has 0 amide bonds. The molecule has 0 saturated carbocycles. The Bertz CT molecular complexity index is 1900. The van der Waals surface area contributed by atoms with Crippen LogP contribution in [0, 0.1) is 0 Å². The van der Waals surface area contributed by atoms with Crippen LogP contribution in [0.4, 0.5) is 0 Å². The number of benzene rings is 5. The van der Waals surface area contributed by atoms with E-state index in [4.69, 9.17) is 13.7 Å². The van der Waals surface area contributed by atoms with Crippen molar-refractivity contribution in [3.8, 4) is 11.1 Å². The molecule has 1 saturated heterocycles. The lowest BCUT2D eigenvalue weighted by Crippen LogP contribution is -2.41. The van der Waals surface area contributed by atoms with Crippen LogP contribution in [0.2, 0.25) is 0 Å². The molecule has 3 nitrogen and oxygen atoms in total. The van der Waals surface area contributed by atoms with Crippen LogP contribution in [0.1, 0.15) is 49.9 Å². The molecule has 0 unspecified atom stereocenters. The van der Waals surface area contributed by atoms with Crippen LogP contribution in [-0.4, -0.2) is 18.3 Å². The Morgan fingerprint density at radius 2 is 1.17 bits per heavy atom. The average molecular weight is 534 g/mol. The Morgan fingerprint density at radius 1 is 0.561 bits per heavy atom. The van der Waals surface area contributed by atoms with Gasteiger partial charge in [-0.05, 0) is 67.0 Å². The predicted octanol–water partition coefficient (Wildman–Crippen LogP) is 8.25. The number of hydrogen-bond donors (Lipinski definition) is 0. The van der Waals surface area contributed by atoms with E-state index in [-0.39, 0.29) is 0 Å². The molecule has 0 atom stereocenters.